The second-order valence-corrected chi connectivity index (χ2v) is 7.08. The minimum atomic E-state index is 0.132. The summed E-state index contributed by atoms with van der Waals surface area (Å²) in [4.78, 5) is 0. The smallest absolute Gasteiger partial charge is 0.174 e. The van der Waals surface area contributed by atoms with Crippen LogP contribution in [0, 0.1) is 3.57 Å². The second-order valence-electron chi connectivity index (χ2n) is 5.92. The van der Waals surface area contributed by atoms with E-state index in [9.17, 15) is 0 Å². The van der Waals surface area contributed by atoms with Crippen LogP contribution in [0.25, 0.3) is 0 Å². The van der Waals surface area contributed by atoms with Crippen molar-refractivity contribution >= 4 is 22.6 Å². The summed E-state index contributed by atoms with van der Waals surface area (Å²) in [5.74, 6) is 1.68. The molecule has 3 nitrogen and oxygen atoms in total. The number of hydrogen-bond acceptors (Lipinski definition) is 3. The van der Waals surface area contributed by atoms with Gasteiger partial charge in [-0.2, -0.15) is 0 Å². The Hall–Kier alpha value is -1.27. The van der Waals surface area contributed by atoms with Gasteiger partial charge in [0, 0.05) is 6.54 Å². The summed E-state index contributed by atoms with van der Waals surface area (Å²) in [6, 6.07) is 14.8. The van der Waals surface area contributed by atoms with Crippen molar-refractivity contribution in [2.75, 3.05) is 13.2 Å². The zero-order valence-electron chi connectivity index (χ0n) is 14.6. The van der Waals surface area contributed by atoms with Crippen molar-refractivity contribution < 1.29 is 9.47 Å². The average molecular weight is 439 g/mol. The van der Waals surface area contributed by atoms with Crippen LogP contribution in [0.1, 0.15) is 31.9 Å². The van der Waals surface area contributed by atoms with E-state index in [0.717, 1.165) is 34.6 Å². The largest absolute Gasteiger partial charge is 0.490 e. The lowest BCUT2D eigenvalue weighted by molar-refractivity contribution is 0.222. The molecule has 130 valence electrons. The molecule has 0 unspecified atom stereocenters. The number of halogens is 1. The van der Waals surface area contributed by atoms with Crippen molar-refractivity contribution in [2.45, 2.75) is 39.8 Å². The van der Waals surface area contributed by atoms with Gasteiger partial charge in [-0.15, -0.1) is 0 Å². The lowest BCUT2D eigenvalue weighted by Crippen LogP contribution is -2.17. The monoisotopic (exact) mass is 439 g/mol. The average Bonchev–Trinajstić information content (AvgIpc) is 2.56. The maximum absolute atomic E-state index is 5.91. The number of benzene rings is 2. The van der Waals surface area contributed by atoms with Crippen LogP contribution in [0.3, 0.4) is 0 Å². The fourth-order valence-corrected chi connectivity index (χ4v) is 3.24. The molecule has 2 aromatic rings. The number of nitrogens with one attached hydrogen (secondary N) is 1. The molecule has 0 spiro atoms. The van der Waals surface area contributed by atoms with Gasteiger partial charge < -0.3 is 14.8 Å². The maximum atomic E-state index is 5.91. The fourth-order valence-electron chi connectivity index (χ4n) is 2.45. The first kappa shape index (κ1) is 19.1. The Morgan fingerprint density at radius 2 is 1.83 bits per heavy atom. The van der Waals surface area contributed by atoms with Gasteiger partial charge in [0.15, 0.2) is 11.5 Å². The highest BCUT2D eigenvalue weighted by molar-refractivity contribution is 14.1. The van der Waals surface area contributed by atoms with Gasteiger partial charge in [-0.3, -0.25) is 0 Å². The van der Waals surface area contributed by atoms with E-state index in [1.54, 1.807) is 0 Å². The van der Waals surface area contributed by atoms with Gasteiger partial charge in [0.25, 0.3) is 0 Å². The van der Waals surface area contributed by atoms with Crippen molar-refractivity contribution in [3.8, 4) is 11.5 Å². The summed E-state index contributed by atoms with van der Waals surface area (Å²) in [6.07, 6.45) is 1.16. The van der Waals surface area contributed by atoms with Crippen LogP contribution in [0.4, 0.5) is 0 Å². The van der Waals surface area contributed by atoms with Crippen LogP contribution in [-0.2, 0) is 13.0 Å². The fraction of sp³-hybridized carbons (Fsp3) is 0.400. The summed E-state index contributed by atoms with van der Waals surface area (Å²) in [5.41, 5.74) is 2.57. The molecule has 0 saturated carbocycles. The summed E-state index contributed by atoms with van der Waals surface area (Å²) < 4.78 is 12.8. The topological polar surface area (TPSA) is 30.5 Å². The standard InChI is InChI=1S/C20H26INO2/c1-4-23-19-13-17(12-18(21)20(19)24-15(2)3)14-22-11-10-16-8-6-5-7-9-16/h5-9,12-13,15,22H,4,10-11,14H2,1-3H3. The van der Waals surface area contributed by atoms with E-state index in [-0.39, 0.29) is 6.10 Å². The zero-order valence-corrected chi connectivity index (χ0v) is 16.8. The van der Waals surface area contributed by atoms with Crippen LogP contribution >= 0.6 is 22.6 Å². The van der Waals surface area contributed by atoms with Crippen LogP contribution in [-0.4, -0.2) is 19.3 Å². The Bertz CT molecular complexity index is 629. The first-order valence-electron chi connectivity index (χ1n) is 8.46. The molecule has 0 aliphatic heterocycles. The van der Waals surface area contributed by atoms with Crippen molar-refractivity contribution in [2.24, 2.45) is 0 Å². The molecule has 2 rings (SSSR count). The number of hydrogen-bond donors (Lipinski definition) is 1. The second kappa shape index (κ2) is 9.89. The lowest BCUT2D eigenvalue weighted by atomic mass is 10.1. The molecule has 0 bridgehead atoms. The maximum Gasteiger partial charge on any atom is 0.174 e. The molecule has 0 fully saturated rings. The first-order valence-corrected chi connectivity index (χ1v) is 9.54. The van der Waals surface area contributed by atoms with Gasteiger partial charge in [-0.25, -0.2) is 0 Å². The third kappa shape index (κ3) is 5.98. The van der Waals surface area contributed by atoms with Gasteiger partial charge in [0.1, 0.15) is 0 Å². The minimum Gasteiger partial charge on any atom is -0.490 e. The van der Waals surface area contributed by atoms with Gasteiger partial charge in [0.05, 0.1) is 16.3 Å². The van der Waals surface area contributed by atoms with Gasteiger partial charge in [-0.05, 0) is 79.6 Å². The molecule has 4 heteroatoms. The molecule has 2 aromatic carbocycles. The molecule has 0 heterocycles. The predicted molar refractivity (Wildman–Crippen MR) is 108 cm³/mol. The zero-order chi connectivity index (χ0) is 17.4. The highest BCUT2D eigenvalue weighted by atomic mass is 127. The SMILES string of the molecule is CCOc1cc(CNCCc2ccccc2)cc(I)c1OC(C)C. The van der Waals surface area contributed by atoms with Crippen molar-refractivity contribution in [3.63, 3.8) is 0 Å². The molecule has 0 aliphatic rings. The van der Waals surface area contributed by atoms with Crippen molar-refractivity contribution in [1.82, 2.24) is 5.32 Å². The Morgan fingerprint density at radius 1 is 1.08 bits per heavy atom. The van der Waals surface area contributed by atoms with Gasteiger partial charge in [0.2, 0.25) is 0 Å². The van der Waals surface area contributed by atoms with Crippen LogP contribution in [0.2, 0.25) is 0 Å². The minimum absolute atomic E-state index is 0.132. The highest BCUT2D eigenvalue weighted by Gasteiger charge is 2.13. The molecule has 0 radical (unpaired) electrons. The van der Waals surface area contributed by atoms with Crippen molar-refractivity contribution in [1.29, 1.82) is 0 Å². The molecule has 0 atom stereocenters. The molecular formula is C20H26INO2. The molecule has 0 aromatic heterocycles. The quantitative estimate of drug-likeness (QED) is 0.450. The first-order chi connectivity index (χ1) is 11.6. The number of rotatable bonds is 9. The van der Waals surface area contributed by atoms with E-state index in [1.807, 2.05) is 20.8 Å². The molecule has 1 N–H and O–H groups in total. The van der Waals surface area contributed by atoms with Crippen molar-refractivity contribution in [3.05, 3.63) is 57.2 Å². The summed E-state index contributed by atoms with van der Waals surface area (Å²) in [7, 11) is 0. The number of ether oxygens (including phenoxy) is 2. The van der Waals surface area contributed by atoms with E-state index in [0.29, 0.717) is 6.61 Å². The van der Waals surface area contributed by atoms with E-state index >= 15 is 0 Å². The third-order valence-electron chi connectivity index (χ3n) is 3.49. The molecule has 0 saturated heterocycles. The van der Waals surface area contributed by atoms with Crippen LogP contribution in [0.5, 0.6) is 11.5 Å². The lowest BCUT2D eigenvalue weighted by Gasteiger charge is -2.17. The highest BCUT2D eigenvalue weighted by Crippen LogP contribution is 2.35. The summed E-state index contributed by atoms with van der Waals surface area (Å²) in [5, 5.41) is 3.51. The van der Waals surface area contributed by atoms with Gasteiger partial charge in [-0.1, -0.05) is 30.3 Å². The predicted octanol–water partition coefficient (Wildman–Crippen LogP) is 4.81. The van der Waals surface area contributed by atoms with E-state index in [1.165, 1.54) is 11.1 Å². The Kier molecular flexibility index (Phi) is 7.85. The molecule has 0 aliphatic carbocycles. The van der Waals surface area contributed by atoms with Crippen LogP contribution < -0.4 is 14.8 Å². The molecule has 24 heavy (non-hydrogen) atoms. The van der Waals surface area contributed by atoms with Gasteiger partial charge >= 0.3 is 0 Å². The Balaban J connectivity index is 1.97. The normalized spacial score (nSPS) is 10.9. The van der Waals surface area contributed by atoms with E-state index < -0.39 is 0 Å². The molecule has 0 amide bonds. The summed E-state index contributed by atoms with van der Waals surface area (Å²) in [6.45, 7) is 8.47. The third-order valence-corrected chi connectivity index (χ3v) is 4.29. The Labute approximate surface area is 158 Å². The van der Waals surface area contributed by atoms with E-state index in [2.05, 4.69) is 70.4 Å². The summed E-state index contributed by atoms with van der Waals surface area (Å²) >= 11 is 2.32. The molecular weight excluding hydrogens is 413 g/mol. The van der Waals surface area contributed by atoms with Crippen LogP contribution in [0.15, 0.2) is 42.5 Å². The Morgan fingerprint density at radius 3 is 2.50 bits per heavy atom. The van der Waals surface area contributed by atoms with E-state index in [4.69, 9.17) is 9.47 Å².